The van der Waals surface area contributed by atoms with E-state index in [0.717, 1.165) is 22.6 Å². The predicted octanol–water partition coefficient (Wildman–Crippen LogP) is 4.75. The average molecular weight is 450 g/mol. The van der Waals surface area contributed by atoms with Gasteiger partial charge in [0.2, 0.25) is 0 Å². The minimum Gasteiger partial charge on any atom is -0.496 e. The number of carbonyl (C=O) groups is 1. The van der Waals surface area contributed by atoms with Gasteiger partial charge in [0.05, 0.1) is 18.9 Å². The van der Waals surface area contributed by atoms with Gasteiger partial charge >= 0.3 is 0 Å². The molecule has 1 aromatic carbocycles. The summed E-state index contributed by atoms with van der Waals surface area (Å²) < 4.78 is 5.45. The third-order valence-corrected chi connectivity index (χ3v) is 4.96. The zero-order valence-electron chi connectivity index (χ0n) is 18.2. The number of nitriles is 1. The maximum atomic E-state index is 12.1. The Labute approximate surface area is 195 Å². The summed E-state index contributed by atoms with van der Waals surface area (Å²) in [5.41, 5.74) is 3.06. The zero-order valence-corrected chi connectivity index (χ0v) is 19.2. The maximum absolute atomic E-state index is 12.1. The number of pyridine rings is 1. The van der Waals surface area contributed by atoms with Crippen LogP contribution in [0.5, 0.6) is 5.75 Å². The third-order valence-electron chi connectivity index (χ3n) is 4.96. The van der Waals surface area contributed by atoms with Crippen LogP contribution in [0.1, 0.15) is 48.2 Å². The highest BCUT2D eigenvalue weighted by Crippen LogP contribution is 2.26. The van der Waals surface area contributed by atoms with Gasteiger partial charge in [-0.1, -0.05) is 25.1 Å². The van der Waals surface area contributed by atoms with Gasteiger partial charge in [-0.15, -0.1) is 0 Å². The van der Waals surface area contributed by atoms with Crippen LogP contribution in [0, 0.1) is 11.3 Å². The van der Waals surface area contributed by atoms with Crippen LogP contribution in [-0.4, -0.2) is 34.4 Å². The summed E-state index contributed by atoms with van der Waals surface area (Å²) in [4.78, 5) is 25.0. The van der Waals surface area contributed by atoms with Gasteiger partial charge in [0.25, 0.3) is 0 Å². The second kappa shape index (κ2) is 12.4. The fourth-order valence-electron chi connectivity index (χ4n) is 3.22. The number of benzene rings is 1. The largest absolute Gasteiger partial charge is 0.496 e. The summed E-state index contributed by atoms with van der Waals surface area (Å²) in [6, 6.07) is 15.4. The Kier molecular flexibility index (Phi) is 9.64. The fourth-order valence-corrected chi connectivity index (χ4v) is 3.22. The van der Waals surface area contributed by atoms with E-state index in [1.165, 1.54) is 6.33 Å². The first-order valence-electron chi connectivity index (χ1n) is 10.2. The summed E-state index contributed by atoms with van der Waals surface area (Å²) in [7, 11) is 1.68. The number of ether oxygens (including phenoxy) is 1. The standard InChI is InChI=1S/C24H25N5O2.H2S/c1-17(19-7-3-4-9-23(19)31-2)14-27-24-13-21(28-16-29-24)18-10-11-20(26-15-18)22(30)8-5-6-12-25;/h3-4,7,9-11,13,15-17H,5-6,8,14H2,1-2H3,(H,27,28,29);1H2/t17-;/m1./s1. The first-order chi connectivity index (χ1) is 15.1. The van der Waals surface area contributed by atoms with E-state index >= 15 is 0 Å². The molecule has 8 heteroatoms. The minimum atomic E-state index is -0.0582. The van der Waals surface area contributed by atoms with Crippen LogP contribution in [0.15, 0.2) is 55.0 Å². The van der Waals surface area contributed by atoms with E-state index in [1.54, 1.807) is 19.4 Å². The smallest absolute Gasteiger partial charge is 0.181 e. The van der Waals surface area contributed by atoms with Gasteiger partial charge in [0.15, 0.2) is 5.78 Å². The van der Waals surface area contributed by atoms with E-state index in [4.69, 9.17) is 10.00 Å². The Morgan fingerprint density at radius 2 is 2.00 bits per heavy atom. The molecule has 7 nitrogen and oxygen atoms in total. The molecule has 0 unspecified atom stereocenters. The van der Waals surface area contributed by atoms with E-state index in [0.29, 0.717) is 37.3 Å². The third kappa shape index (κ3) is 6.53. The molecule has 0 amide bonds. The van der Waals surface area contributed by atoms with Crippen LogP contribution in [0.4, 0.5) is 5.82 Å². The Morgan fingerprint density at radius 1 is 1.19 bits per heavy atom. The molecule has 0 radical (unpaired) electrons. The van der Waals surface area contributed by atoms with Gasteiger partial charge in [-0.3, -0.25) is 9.78 Å². The number of para-hydroxylation sites is 1. The fraction of sp³-hybridized carbons (Fsp3) is 0.292. The van der Waals surface area contributed by atoms with Crippen LogP contribution < -0.4 is 10.1 Å². The van der Waals surface area contributed by atoms with Gasteiger partial charge in [-0.25, -0.2) is 9.97 Å². The van der Waals surface area contributed by atoms with E-state index in [2.05, 4.69) is 33.3 Å². The van der Waals surface area contributed by atoms with E-state index in [9.17, 15) is 4.79 Å². The molecule has 2 heterocycles. The molecule has 0 aliphatic carbocycles. The molecule has 0 saturated carbocycles. The molecule has 0 aliphatic rings. The lowest BCUT2D eigenvalue weighted by atomic mass is 10.00. The molecule has 3 rings (SSSR count). The Hall–Kier alpha value is -3.44. The SMILES string of the molecule is COc1ccccc1[C@H](C)CNc1cc(-c2ccc(C(=O)CCCC#N)nc2)ncn1.S. The molecular formula is C24H27N5O2S. The van der Waals surface area contributed by atoms with Crippen molar-refractivity contribution in [2.24, 2.45) is 0 Å². The van der Waals surface area contributed by atoms with Crippen molar-refractivity contribution >= 4 is 25.1 Å². The predicted molar refractivity (Wildman–Crippen MR) is 129 cm³/mol. The molecule has 0 aliphatic heterocycles. The molecule has 3 aromatic rings. The van der Waals surface area contributed by atoms with Gasteiger partial charge < -0.3 is 10.1 Å². The normalized spacial score (nSPS) is 11.0. The van der Waals surface area contributed by atoms with Gasteiger partial charge in [-0.05, 0) is 30.2 Å². The summed E-state index contributed by atoms with van der Waals surface area (Å²) >= 11 is 0. The van der Waals surface area contributed by atoms with Gasteiger partial charge in [0, 0.05) is 43.1 Å². The highest BCUT2D eigenvalue weighted by Gasteiger charge is 2.12. The Balaban J connectivity index is 0.00000363. The Bertz CT molecular complexity index is 1070. The molecular weight excluding hydrogens is 422 g/mol. The van der Waals surface area contributed by atoms with Crippen molar-refractivity contribution in [3.05, 3.63) is 66.2 Å². The van der Waals surface area contributed by atoms with Crippen molar-refractivity contribution in [3.8, 4) is 23.1 Å². The molecule has 2 aromatic heterocycles. The number of nitrogens with one attached hydrogen (secondary N) is 1. The number of ketones is 1. The van der Waals surface area contributed by atoms with Crippen LogP contribution in [0.3, 0.4) is 0 Å². The van der Waals surface area contributed by atoms with Gasteiger partial charge in [-0.2, -0.15) is 18.8 Å². The van der Waals surface area contributed by atoms with Crippen molar-refractivity contribution < 1.29 is 9.53 Å². The van der Waals surface area contributed by atoms with E-state index in [-0.39, 0.29) is 25.2 Å². The first kappa shape index (κ1) is 24.8. The Morgan fingerprint density at radius 3 is 2.72 bits per heavy atom. The number of nitrogens with zero attached hydrogens (tertiary/aromatic N) is 4. The number of hydrogen-bond donors (Lipinski definition) is 1. The number of aromatic nitrogens is 3. The minimum absolute atomic E-state index is 0. The maximum Gasteiger partial charge on any atom is 0.181 e. The van der Waals surface area contributed by atoms with Crippen molar-refractivity contribution in [1.29, 1.82) is 5.26 Å². The second-order valence-corrected chi connectivity index (χ2v) is 7.18. The molecule has 0 saturated heterocycles. The second-order valence-electron chi connectivity index (χ2n) is 7.18. The zero-order chi connectivity index (χ0) is 22.1. The molecule has 0 bridgehead atoms. The topological polar surface area (TPSA) is 101 Å². The summed E-state index contributed by atoms with van der Waals surface area (Å²) in [6.07, 6.45) is 4.39. The van der Waals surface area contributed by atoms with Crippen molar-refractivity contribution in [2.45, 2.75) is 32.1 Å². The number of rotatable bonds is 10. The summed E-state index contributed by atoms with van der Waals surface area (Å²) in [5, 5.41) is 11.9. The molecule has 0 spiro atoms. The first-order valence-corrected chi connectivity index (χ1v) is 10.2. The summed E-state index contributed by atoms with van der Waals surface area (Å²) in [5.74, 6) is 1.75. The lowest BCUT2D eigenvalue weighted by Crippen LogP contribution is -2.12. The van der Waals surface area contributed by atoms with E-state index in [1.807, 2.05) is 36.4 Å². The van der Waals surface area contributed by atoms with Crippen molar-refractivity contribution in [3.63, 3.8) is 0 Å². The quantitative estimate of drug-likeness (QED) is 0.352. The van der Waals surface area contributed by atoms with E-state index < -0.39 is 0 Å². The number of anilines is 1. The van der Waals surface area contributed by atoms with Crippen LogP contribution in [0.25, 0.3) is 11.3 Å². The number of hydrogen-bond acceptors (Lipinski definition) is 7. The average Bonchev–Trinajstić information content (AvgIpc) is 2.83. The van der Waals surface area contributed by atoms with Crippen molar-refractivity contribution in [1.82, 2.24) is 15.0 Å². The number of carbonyl (C=O) groups excluding carboxylic acids is 1. The lowest BCUT2D eigenvalue weighted by Gasteiger charge is -2.16. The van der Waals surface area contributed by atoms with Gasteiger partial charge in [0.1, 0.15) is 23.6 Å². The molecule has 1 N–H and O–H groups in total. The highest BCUT2D eigenvalue weighted by atomic mass is 32.1. The monoisotopic (exact) mass is 449 g/mol. The number of methoxy groups -OCH3 is 1. The van der Waals surface area contributed by atoms with Crippen LogP contribution in [0.2, 0.25) is 0 Å². The number of Topliss-reactive ketones (excluding diaryl/α,β-unsaturated/α-hetero) is 1. The number of unbranched alkanes of at least 4 members (excludes halogenated alkanes) is 1. The molecule has 32 heavy (non-hydrogen) atoms. The highest BCUT2D eigenvalue weighted by molar-refractivity contribution is 7.59. The molecule has 1 atom stereocenters. The lowest BCUT2D eigenvalue weighted by molar-refractivity contribution is 0.0976. The molecule has 166 valence electrons. The van der Waals surface area contributed by atoms with Crippen molar-refractivity contribution in [2.75, 3.05) is 19.0 Å². The van der Waals surface area contributed by atoms with Crippen LogP contribution >= 0.6 is 13.5 Å². The van der Waals surface area contributed by atoms with Crippen LogP contribution in [-0.2, 0) is 0 Å². The summed E-state index contributed by atoms with van der Waals surface area (Å²) in [6.45, 7) is 2.81. The molecule has 0 fully saturated rings.